The Kier molecular flexibility index (Phi) is 6.59. The molecule has 0 N–H and O–H groups in total. The molecular formula is C25H19BrN6O4S. The average molecular weight is 579 g/mol. The van der Waals surface area contributed by atoms with Crippen molar-refractivity contribution in [3.63, 3.8) is 0 Å². The zero-order valence-electron chi connectivity index (χ0n) is 19.6. The van der Waals surface area contributed by atoms with Gasteiger partial charge in [0.1, 0.15) is 4.92 Å². The van der Waals surface area contributed by atoms with Gasteiger partial charge < -0.3 is 4.42 Å². The van der Waals surface area contributed by atoms with Gasteiger partial charge in [-0.3, -0.25) is 19.6 Å². The van der Waals surface area contributed by atoms with Crippen LogP contribution in [0, 0.1) is 17.0 Å². The van der Waals surface area contributed by atoms with Gasteiger partial charge in [0.25, 0.3) is 5.56 Å². The molecule has 2 aromatic carbocycles. The Hall–Kier alpha value is -4.29. The summed E-state index contributed by atoms with van der Waals surface area (Å²) in [5.74, 6) is -0.170. The van der Waals surface area contributed by atoms with E-state index in [1.807, 2.05) is 66.9 Å². The molecule has 0 saturated heterocycles. The number of halogens is 1. The lowest BCUT2D eigenvalue weighted by atomic mass is 10.2. The van der Waals surface area contributed by atoms with Crippen LogP contribution >= 0.6 is 27.3 Å². The molecular weight excluding hydrogens is 560 g/mol. The molecule has 0 bridgehead atoms. The summed E-state index contributed by atoms with van der Waals surface area (Å²) in [5, 5.41) is 17.4. The Morgan fingerprint density at radius 3 is 2.49 bits per heavy atom. The van der Waals surface area contributed by atoms with Crippen LogP contribution in [0.15, 0.2) is 95.9 Å². The van der Waals surface area contributed by atoms with E-state index in [9.17, 15) is 14.9 Å². The van der Waals surface area contributed by atoms with Gasteiger partial charge in [0.05, 0.1) is 29.4 Å². The quantitative estimate of drug-likeness (QED) is 0.152. The zero-order chi connectivity index (χ0) is 26.1. The number of hydrogen-bond acceptors (Lipinski definition) is 7. The highest BCUT2D eigenvalue weighted by atomic mass is 79.9. The molecule has 3 aromatic heterocycles. The molecule has 10 nitrogen and oxygen atoms in total. The highest BCUT2D eigenvalue weighted by Gasteiger charge is 2.17. The summed E-state index contributed by atoms with van der Waals surface area (Å²) in [6.45, 7) is 1.83. The molecule has 186 valence electrons. The van der Waals surface area contributed by atoms with Gasteiger partial charge in [-0.25, -0.2) is 14.4 Å². The molecule has 12 heteroatoms. The lowest BCUT2D eigenvalue weighted by Crippen LogP contribution is -2.19. The second-order valence-electron chi connectivity index (χ2n) is 7.92. The van der Waals surface area contributed by atoms with Crippen LogP contribution in [0.3, 0.4) is 0 Å². The molecule has 5 aromatic rings. The van der Waals surface area contributed by atoms with Crippen molar-refractivity contribution in [1.29, 1.82) is 0 Å². The first-order chi connectivity index (χ1) is 17.8. The van der Waals surface area contributed by atoms with Gasteiger partial charge in [-0.05, 0) is 37.3 Å². The molecule has 0 aliphatic carbocycles. The number of nitro groups is 1. The number of hydrogen-bond donors (Lipinski definition) is 0. The number of para-hydroxylation sites is 1. The Labute approximate surface area is 222 Å². The van der Waals surface area contributed by atoms with Gasteiger partial charge in [0, 0.05) is 22.5 Å². The van der Waals surface area contributed by atoms with Gasteiger partial charge in [0.15, 0.2) is 11.4 Å². The first kappa shape index (κ1) is 24.4. The smallest absolute Gasteiger partial charge is 0.400 e. The molecule has 3 heterocycles. The first-order valence-corrected chi connectivity index (χ1v) is 12.6. The molecule has 0 saturated carbocycles. The summed E-state index contributed by atoms with van der Waals surface area (Å²) in [5.41, 5.74) is 3.03. The number of benzene rings is 2. The number of rotatable bonds is 6. The standard InChI is InChI=1S/C25H19BrN6O4S/c1-16-23(24(33)31(29(16)2)19-6-4-3-5-7-19)28-25-30(27-14-20-12-13-22(36-20)32(34)35)21(15-37-25)17-8-10-18(26)11-9-17/h3-15H,1-2H3. The largest absolute Gasteiger partial charge is 0.433 e. The predicted molar refractivity (Wildman–Crippen MR) is 145 cm³/mol. The van der Waals surface area contributed by atoms with Crippen LogP contribution in [0.25, 0.3) is 16.9 Å². The van der Waals surface area contributed by atoms with Crippen molar-refractivity contribution in [1.82, 2.24) is 14.0 Å². The Balaban J connectivity index is 1.67. The van der Waals surface area contributed by atoms with Crippen LogP contribution in [-0.4, -0.2) is 25.2 Å². The molecule has 0 spiro atoms. The van der Waals surface area contributed by atoms with Crippen molar-refractivity contribution < 1.29 is 9.34 Å². The third-order valence-electron chi connectivity index (χ3n) is 5.65. The summed E-state index contributed by atoms with van der Waals surface area (Å²) < 4.78 is 11.0. The molecule has 0 atom stereocenters. The van der Waals surface area contributed by atoms with E-state index in [0.29, 0.717) is 10.5 Å². The first-order valence-electron chi connectivity index (χ1n) is 11.0. The summed E-state index contributed by atoms with van der Waals surface area (Å²) in [7, 11) is 1.81. The fraction of sp³-hybridized carbons (Fsp3) is 0.0800. The van der Waals surface area contributed by atoms with Gasteiger partial charge in [-0.2, -0.15) is 5.10 Å². The SMILES string of the molecule is Cc1c(N=c2scc(-c3ccc(Br)cc3)n2N=Cc2ccc([N+](=O)[O-])o2)c(=O)n(-c2ccccc2)n1C. The highest BCUT2D eigenvalue weighted by Crippen LogP contribution is 2.24. The maximum absolute atomic E-state index is 13.4. The number of furan rings is 1. The maximum Gasteiger partial charge on any atom is 0.433 e. The van der Waals surface area contributed by atoms with Crippen LogP contribution in [0.1, 0.15) is 11.5 Å². The fourth-order valence-corrected chi connectivity index (χ4v) is 4.82. The lowest BCUT2D eigenvalue weighted by molar-refractivity contribution is -0.402. The summed E-state index contributed by atoms with van der Waals surface area (Å²) >= 11 is 4.76. The van der Waals surface area contributed by atoms with E-state index in [1.54, 1.807) is 21.1 Å². The lowest BCUT2D eigenvalue weighted by Gasteiger charge is -2.07. The molecule has 0 aliphatic rings. The third-order valence-corrected chi connectivity index (χ3v) is 6.99. The summed E-state index contributed by atoms with van der Waals surface area (Å²) in [6, 6.07) is 19.7. The second-order valence-corrected chi connectivity index (χ2v) is 9.67. The number of nitrogens with zero attached hydrogens (tertiary/aromatic N) is 6. The van der Waals surface area contributed by atoms with Crippen molar-refractivity contribution in [3.8, 4) is 16.9 Å². The van der Waals surface area contributed by atoms with Crippen molar-refractivity contribution >= 4 is 45.1 Å². The maximum atomic E-state index is 13.4. The monoisotopic (exact) mass is 578 g/mol. The van der Waals surface area contributed by atoms with Gasteiger partial charge in [0.2, 0.25) is 4.80 Å². The molecule has 0 amide bonds. The second kappa shape index (κ2) is 9.99. The summed E-state index contributed by atoms with van der Waals surface area (Å²) in [4.78, 5) is 28.9. The predicted octanol–water partition coefficient (Wildman–Crippen LogP) is 5.39. The van der Waals surface area contributed by atoms with E-state index in [1.165, 1.54) is 29.7 Å². The molecule has 0 fully saturated rings. The zero-order valence-corrected chi connectivity index (χ0v) is 22.0. The average Bonchev–Trinajstić information content (AvgIpc) is 3.58. The van der Waals surface area contributed by atoms with Crippen molar-refractivity contribution in [3.05, 3.63) is 113 Å². The molecule has 5 rings (SSSR count). The van der Waals surface area contributed by atoms with Crippen molar-refractivity contribution in [2.75, 3.05) is 0 Å². The van der Waals surface area contributed by atoms with Crippen LogP contribution in [0.2, 0.25) is 0 Å². The van der Waals surface area contributed by atoms with Gasteiger partial charge in [-0.15, -0.1) is 11.3 Å². The minimum absolute atomic E-state index is 0.209. The van der Waals surface area contributed by atoms with E-state index in [2.05, 4.69) is 21.0 Å². The van der Waals surface area contributed by atoms with E-state index in [4.69, 9.17) is 9.41 Å². The molecule has 0 radical (unpaired) electrons. The Bertz CT molecular complexity index is 1760. The Morgan fingerprint density at radius 1 is 1.08 bits per heavy atom. The molecule has 37 heavy (non-hydrogen) atoms. The van der Waals surface area contributed by atoms with E-state index < -0.39 is 4.92 Å². The number of aromatic nitrogens is 3. The minimum atomic E-state index is -0.612. The molecule has 0 aliphatic heterocycles. The minimum Gasteiger partial charge on any atom is -0.400 e. The van der Waals surface area contributed by atoms with Crippen LogP contribution in [-0.2, 0) is 7.05 Å². The highest BCUT2D eigenvalue weighted by molar-refractivity contribution is 9.10. The topological polar surface area (TPSA) is 113 Å². The van der Waals surface area contributed by atoms with Crippen LogP contribution in [0.4, 0.5) is 11.6 Å². The van der Waals surface area contributed by atoms with E-state index in [0.717, 1.165) is 21.4 Å². The van der Waals surface area contributed by atoms with Crippen molar-refractivity contribution in [2.45, 2.75) is 6.92 Å². The Morgan fingerprint density at radius 2 is 1.81 bits per heavy atom. The third kappa shape index (κ3) is 4.76. The fourth-order valence-electron chi connectivity index (χ4n) is 3.71. The van der Waals surface area contributed by atoms with E-state index >= 15 is 0 Å². The van der Waals surface area contributed by atoms with Crippen LogP contribution in [0.5, 0.6) is 0 Å². The van der Waals surface area contributed by atoms with E-state index in [-0.39, 0.29) is 22.9 Å². The summed E-state index contributed by atoms with van der Waals surface area (Å²) in [6.07, 6.45) is 1.38. The number of thiazole rings is 1. The van der Waals surface area contributed by atoms with Gasteiger partial charge >= 0.3 is 5.88 Å². The molecule has 0 unspecified atom stereocenters. The normalized spacial score (nSPS) is 12.0. The van der Waals surface area contributed by atoms with Crippen LogP contribution < -0.4 is 10.4 Å². The van der Waals surface area contributed by atoms with Gasteiger partial charge in [-0.1, -0.05) is 46.3 Å². The van der Waals surface area contributed by atoms with Crippen molar-refractivity contribution in [2.24, 2.45) is 17.1 Å².